The Hall–Kier alpha value is -1.06. The highest BCUT2D eigenvalue weighted by Crippen LogP contribution is 1.67. The van der Waals surface area contributed by atoms with Crippen molar-refractivity contribution in [3.05, 3.63) is 0 Å². The smallest absolute Gasteiger partial charge is 0.139 e. The highest BCUT2D eigenvalue weighted by Gasteiger charge is 1.53. The molecule has 7 heavy (non-hydrogen) atoms. The van der Waals surface area contributed by atoms with Crippen LogP contribution >= 0.6 is 0 Å². The fourth-order valence-electron chi connectivity index (χ4n) is 0.111. The van der Waals surface area contributed by atoms with Gasteiger partial charge >= 0.3 is 0 Å². The normalized spacial score (nSPS) is 11.0. The molecule has 0 aliphatic rings. The van der Waals surface area contributed by atoms with E-state index in [-0.39, 0.29) is 0 Å². The van der Waals surface area contributed by atoms with E-state index in [2.05, 4.69) is 27.1 Å². The summed E-state index contributed by atoms with van der Waals surface area (Å²) in [6.45, 7) is 3.13. The Morgan fingerprint density at radius 2 is 2.29 bits per heavy atom. The lowest BCUT2D eigenvalue weighted by molar-refractivity contribution is 1.02. The van der Waals surface area contributed by atoms with E-state index in [1.807, 2.05) is 0 Å². The molecule has 0 spiro atoms. The zero-order chi connectivity index (χ0) is 5.54. The van der Waals surface area contributed by atoms with Gasteiger partial charge in [0.25, 0.3) is 0 Å². The van der Waals surface area contributed by atoms with Gasteiger partial charge in [0.2, 0.25) is 0 Å². The Bertz CT molecular complexity index is 93.1. The van der Waals surface area contributed by atoms with E-state index in [0.29, 0.717) is 0 Å². The van der Waals surface area contributed by atoms with E-state index in [1.54, 1.807) is 0 Å². The first-order valence-electron chi connectivity index (χ1n) is 1.68. The maximum absolute atomic E-state index is 3.31. The van der Waals surface area contributed by atoms with Crippen LogP contribution < -0.4 is 0 Å². The van der Waals surface area contributed by atoms with Crippen molar-refractivity contribution in [2.75, 3.05) is 7.05 Å². The molecule has 0 saturated carbocycles. The van der Waals surface area contributed by atoms with Crippen LogP contribution in [0.3, 0.4) is 0 Å². The van der Waals surface area contributed by atoms with Crippen LogP contribution in [-0.2, 0) is 0 Å². The summed E-state index contributed by atoms with van der Waals surface area (Å²) in [5, 5.41) is 9.85. The minimum atomic E-state index is 1.22. The predicted octanol–water partition coefficient (Wildman–Crippen LogP) is 0.712. The lowest BCUT2D eigenvalue weighted by atomic mass is 11.3. The molecule has 0 heterocycles. The minimum Gasteiger partial charge on any atom is -0.251 e. The van der Waals surface area contributed by atoms with Gasteiger partial charge in [-0.2, -0.15) is 5.11 Å². The summed E-state index contributed by atoms with van der Waals surface area (Å²) in [7, 11) is 1.53. The molecule has 0 aromatic rings. The number of nitrogens with zero attached hydrogens (tertiary/aromatic N) is 4. The predicted molar refractivity (Wildman–Crippen MR) is 28.8 cm³/mol. The summed E-state index contributed by atoms with van der Waals surface area (Å²) >= 11 is 0. The van der Waals surface area contributed by atoms with Crippen molar-refractivity contribution in [3.8, 4) is 0 Å². The third-order valence-corrected chi connectivity index (χ3v) is 0.274. The molecule has 0 aromatic heterocycles. The van der Waals surface area contributed by atoms with Crippen molar-refractivity contribution in [1.29, 1.82) is 0 Å². The summed E-state index contributed by atoms with van der Waals surface area (Å²) in [6, 6.07) is 0. The van der Waals surface area contributed by atoms with Gasteiger partial charge in [-0.3, -0.25) is 4.99 Å². The van der Waals surface area contributed by atoms with Gasteiger partial charge in [-0.1, -0.05) is 0 Å². The Labute approximate surface area is 41.7 Å². The van der Waals surface area contributed by atoms with E-state index >= 15 is 0 Å². The third-order valence-electron chi connectivity index (χ3n) is 0.274. The maximum Gasteiger partial charge on any atom is 0.139 e. The molecule has 0 saturated heterocycles. The van der Waals surface area contributed by atoms with Crippen LogP contribution in [0, 0.1) is 0 Å². The lowest BCUT2D eigenvalue weighted by Gasteiger charge is -1.65. The van der Waals surface area contributed by atoms with Crippen molar-refractivity contribution >= 4 is 13.1 Å². The Balaban J connectivity index is 3.27. The minimum absolute atomic E-state index is 1.22. The van der Waals surface area contributed by atoms with Crippen molar-refractivity contribution in [3.63, 3.8) is 0 Å². The Morgan fingerprint density at radius 3 is 2.71 bits per heavy atom. The lowest BCUT2D eigenvalue weighted by Crippen LogP contribution is -1.56. The molecular weight excluding hydrogens is 92.1 g/mol. The highest BCUT2D eigenvalue weighted by molar-refractivity contribution is 5.61. The molecular formula is C3H6N4. The Kier molecular flexibility index (Phi) is 4.19. The summed E-state index contributed by atoms with van der Waals surface area (Å²) < 4.78 is 0. The zero-order valence-corrected chi connectivity index (χ0v) is 4.07. The molecule has 0 aromatic carbocycles. The quantitative estimate of drug-likeness (QED) is 0.211. The second kappa shape index (κ2) is 4.94. The van der Waals surface area contributed by atoms with Gasteiger partial charge in [-0.05, 0) is 11.9 Å². The first kappa shape index (κ1) is 5.94. The molecule has 4 heteroatoms. The molecule has 0 N–H and O–H groups in total. The monoisotopic (exact) mass is 98.1 g/mol. The molecule has 0 atom stereocenters. The van der Waals surface area contributed by atoms with Crippen molar-refractivity contribution < 1.29 is 0 Å². The molecule has 4 nitrogen and oxygen atoms in total. The van der Waals surface area contributed by atoms with Crippen molar-refractivity contribution in [1.82, 2.24) is 0 Å². The molecule has 0 aliphatic carbocycles. The number of aliphatic imine (C=N–C) groups is 1. The second-order valence-electron chi connectivity index (χ2n) is 0.703. The SMILES string of the molecule is C=N/C=N\N=NC. The van der Waals surface area contributed by atoms with Gasteiger partial charge in [0.1, 0.15) is 6.34 Å². The van der Waals surface area contributed by atoms with Crippen molar-refractivity contribution in [2.24, 2.45) is 20.4 Å². The molecule has 0 radical (unpaired) electrons. The summed E-state index contributed by atoms with van der Waals surface area (Å²) in [4.78, 5) is 3.28. The molecule has 0 amide bonds. The van der Waals surface area contributed by atoms with Gasteiger partial charge in [-0.15, -0.1) is 5.10 Å². The van der Waals surface area contributed by atoms with Gasteiger partial charge < -0.3 is 0 Å². The summed E-state index contributed by atoms with van der Waals surface area (Å²) in [5.74, 6) is 0. The topological polar surface area (TPSA) is 49.4 Å². The van der Waals surface area contributed by atoms with Crippen LogP contribution in [0.1, 0.15) is 0 Å². The van der Waals surface area contributed by atoms with E-state index < -0.39 is 0 Å². The van der Waals surface area contributed by atoms with Crippen LogP contribution in [0.25, 0.3) is 0 Å². The fraction of sp³-hybridized carbons (Fsp3) is 0.333. The van der Waals surface area contributed by atoms with Crippen LogP contribution in [0.4, 0.5) is 0 Å². The number of hydrogen-bond donors (Lipinski definition) is 0. The first-order valence-corrected chi connectivity index (χ1v) is 1.68. The number of rotatable bonds is 2. The van der Waals surface area contributed by atoms with Crippen LogP contribution in [-0.4, -0.2) is 20.1 Å². The van der Waals surface area contributed by atoms with E-state index in [9.17, 15) is 0 Å². The van der Waals surface area contributed by atoms with E-state index in [1.165, 1.54) is 13.4 Å². The van der Waals surface area contributed by atoms with Gasteiger partial charge in [-0.25, -0.2) is 0 Å². The molecule has 0 rings (SSSR count). The van der Waals surface area contributed by atoms with Crippen LogP contribution in [0.5, 0.6) is 0 Å². The van der Waals surface area contributed by atoms with Crippen LogP contribution in [0.2, 0.25) is 0 Å². The molecule has 0 unspecified atom stereocenters. The largest absolute Gasteiger partial charge is 0.251 e. The Morgan fingerprint density at radius 1 is 1.57 bits per heavy atom. The molecule has 0 fully saturated rings. The highest BCUT2D eigenvalue weighted by atomic mass is 15.4. The van der Waals surface area contributed by atoms with Crippen LogP contribution in [0.15, 0.2) is 20.4 Å². The second-order valence-corrected chi connectivity index (χ2v) is 0.703. The average Bonchev–Trinajstić information content (AvgIpc) is 1.69. The molecule has 38 valence electrons. The summed E-state index contributed by atoms with van der Waals surface area (Å²) in [5.41, 5.74) is 0. The molecule has 0 bridgehead atoms. The maximum atomic E-state index is 3.31. The van der Waals surface area contributed by atoms with E-state index in [0.717, 1.165) is 0 Å². The van der Waals surface area contributed by atoms with Gasteiger partial charge in [0, 0.05) is 0 Å². The van der Waals surface area contributed by atoms with E-state index in [4.69, 9.17) is 0 Å². The van der Waals surface area contributed by atoms with Gasteiger partial charge in [0.15, 0.2) is 0 Å². The standard InChI is InChI=1S/C3H6N4/c1-4-3-6-7-5-2/h3H,1H2,2H3/b6-3-,7-5?. The third kappa shape index (κ3) is 4.94. The first-order chi connectivity index (χ1) is 3.41. The van der Waals surface area contributed by atoms with Crippen molar-refractivity contribution in [2.45, 2.75) is 0 Å². The zero-order valence-electron chi connectivity index (χ0n) is 4.07. The van der Waals surface area contributed by atoms with Gasteiger partial charge in [0.05, 0.1) is 7.05 Å². The molecule has 0 aliphatic heterocycles. The average molecular weight is 98.1 g/mol. The summed E-state index contributed by atoms with van der Waals surface area (Å²) in [6.07, 6.45) is 1.22. The number of hydrogen-bond acceptors (Lipinski definition) is 2. The fourth-order valence-corrected chi connectivity index (χ4v) is 0.111.